The second kappa shape index (κ2) is 5.40. The number of rotatable bonds is 4. The van der Waals surface area contributed by atoms with Gasteiger partial charge in [0.05, 0.1) is 0 Å². The lowest BCUT2D eigenvalue weighted by molar-refractivity contribution is -0.138. The predicted molar refractivity (Wildman–Crippen MR) is 72.9 cm³/mol. The third kappa shape index (κ3) is 3.47. The molecule has 108 valence electrons. The second-order valence-corrected chi connectivity index (χ2v) is 5.99. The van der Waals surface area contributed by atoms with E-state index in [1.807, 2.05) is 44.2 Å². The second-order valence-electron chi connectivity index (χ2n) is 5.01. The lowest BCUT2D eigenvalue weighted by Gasteiger charge is -2.25. The van der Waals surface area contributed by atoms with Crippen LogP contribution < -0.4 is 5.32 Å². The molecule has 0 saturated heterocycles. The van der Waals surface area contributed by atoms with Gasteiger partial charge in [-0.25, -0.2) is 0 Å². The Labute approximate surface area is 118 Å². The van der Waals surface area contributed by atoms with Crippen molar-refractivity contribution in [3.63, 3.8) is 0 Å². The molecule has 0 aliphatic rings. The van der Waals surface area contributed by atoms with E-state index >= 15 is 0 Å². The lowest BCUT2D eigenvalue weighted by atomic mass is 9.85. The van der Waals surface area contributed by atoms with E-state index in [1.165, 1.54) is 0 Å². The van der Waals surface area contributed by atoms with Gasteiger partial charge in [0.15, 0.2) is 0 Å². The lowest BCUT2D eigenvalue weighted by Crippen LogP contribution is -2.27. The monoisotopic (exact) mass is 301 g/mol. The molecule has 0 spiro atoms. The summed E-state index contributed by atoms with van der Waals surface area (Å²) < 4.78 is 37.3. The minimum absolute atomic E-state index is 0.182. The van der Waals surface area contributed by atoms with Crippen molar-refractivity contribution in [2.45, 2.75) is 25.4 Å². The highest BCUT2D eigenvalue weighted by atomic mass is 32.1. The smallest absolute Gasteiger partial charge is 0.359 e. The van der Waals surface area contributed by atoms with Crippen LogP contribution >= 0.6 is 11.3 Å². The Morgan fingerprint density at radius 1 is 1.10 bits per heavy atom. The molecule has 7 heteroatoms. The Hall–Kier alpha value is -1.63. The van der Waals surface area contributed by atoms with Crippen LogP contribution in [0, 0.1) is 0 Å². The van der Waals surface area contributed by atoms with Gasteiger partial charge in [-0.2, -0.15) is 13.2 Å². The van der Waals surface area contributed by atoms with Crippen molar-refractivity contribution in [1.82, 2.24) is 10.2 Å². The van der Waals surface area contributed by atoms with E-state index in [9.17, 15) is 13.2 Å². The van der Waals surface area contributed by atoms with Gasteiger partial charge in [0.25, 0.3) is 0 Å². The van der Waals surface area contributed by atoms with Gasteiger partial charge in [-0.1, -0.05) is 55.5 Å². The molecule has 3 nitrogen and oxygen atoms in total. The fourth-order valence-corrected chi connectivity index (χ4v) is 2.30. The number of alkyl halides is 3. The molecule has 1 aromatic heterocycles. The minimum Gasteiger partial charge on any atom is -0.359 e. The third-order valence-corrected chi connectivity index (χ3v) is 3.83. The molecular weight excluding hydrogens is 287 g/mol. The Balaban J connectivity index is 2.03. The summed E-state index contributed by atoms with van der Waals surface area (Å²) in [7, 11) is 0. The third-order valence-electron chi connectivity index (χ3n) is 2.90. The molecule has 2 rings (SSSR count). The Morgan fingerprint density at radius 3 is 2.30 bits per heavy atom. The van der Waals surface area contributed by atoms with Crippen LogP contribution in [0.5, 0.6) is 0 Å². The normalized spacial score (nSPS) is 12.4. The van der Waals surface area contributed by atoms with Gasteiger partial charge in [0.2, 0.25) is 10.1 Å². The Kier molecular flexibility index (Phi) is 3.99. The van der Waals surface area contributed by atoms with Gasteiger partial charge >= 0.3 is 6.18 Å². The fourth-order valence-electron chi connectivity index (χ4n) is 1.70. The zero-order valence-electron chi connectivity index (χ0n) is 11.0. The summed E-state index contributed by atoms with van der Waals surface area (Å²) in [5.41, 5.74) is 0.888. The molecule has 0 atom stereocenters. The first-order valence-corrected chi connectivity index (χ1v) is 6.81. The van der Waals surface area contributed by atoms with Crippen LogP contribution in [-0.2, 0) is 11.6 Å². The number of aromatic nitrogens is 2. The molecule has 0 radical (unpaired) electrons. The number of halogens is 3. The molecule has 0 bridgehead atoms. The highest BCUT2D eigenvalue weighted by Crippen LogP contribution is 2.33. The average Bonchev–Trinajstić information content (AvgIpc) is 2.86. The van der Waals surface area contributed by atoms with Crippen LogP contribution in [0.1, 0.15) is 24.4 Å². The molecule has 0 saturated carbocycles. The van der Waals surface area contributed by atoms with E-state index < -0.39 is 11.2 Å². The number of hydrogen-bond donors (Lipinski definition) is 1. The Morgan fingerprint density at radius 2 is 1.75 bits per heavy atom. The van der Waals surface area contributed by atoms with Crippen molar-refractivity contribution in [2.75, 3.05) is 11.9 Å². The molecule has 1 heterocycles. The minimum atomic E-state index is -4.44. The van der Waals surface area contributed by atoms with Crippen LogP contribution in [0.25, 0.3) is 0 Å². The molecular formula is C13H14F3N3S. The zero-order chi connectivity index (χ0) is 14.8. The first-order valence-electron chi connectivity index (χ1n) is 5.99. The van der Waals surface area contributed by atoms with Gasteiger partial charge < -0.3 is 5.32 Å². The van der Waals surface area contributed by atoms with E-state index in [0.29, 0.717) is 17.9 Å². The van der Waals surface area contributed by atoms with Crippen molar-refractivity contribution in [1.29, 1.82) is 0 Å². The molecule has 0 aliphatic heterocycles. The summed E-state index contributed by atoms with van der Waals surface area (Å²) in [5.74, 6) is 0. The molecule has 20 heavy (non-hydrogen) atoms. The Bertz CT molecular complexity index is 564. The fraction of sp³-hybridized carbons (Fsp3) is 0.385. The van der Waals surface area contributed by atoms with E-state index in [4.69, 9.17) is 0 Å². The van der Waals surface area contributed by atoms with Crippen molar-refractivity contribution in [3.05, 3.63) is 40.9 Å². The summed E-state index contributed by atoms with van der Waals surface area (Å²) in [6.07, 6.45) is -4.44. The highest BCUT2D eigenvalue weighted by molar-refractivity contribution is 7.15. The molecule has 0 amide bonds. The van der Waals surface area contributed by atoms with Gasteiger partial charge in [0.1, 0.15) is 0 Å². The first-order chi connectivity index (χ1) is 9.29. The van der Waals surface area contributed by atoms with E-state index in [0.717, 1.165) is 5.56 Å². The van der Waals surface area contributed by atoms with Crippen LogP contribution in [-0.4, -0.2) is 16.7 Å². The maximum absolute atomic E-state index is 12.4. The standard InChI is InChI=1S/C13H14F3N3S/c1-12(2,9-6-4-3-5-7-9)8-17-11-19-18-10(20-11)13(14,15)16/h3-7H,8H2,1-2H3,(H,17,19). The molecule has 0 unspecified atom stereocenters. The maximum Gasteiger partial charge on any atom is 0.445 e. The molecule has 1 N–H and O–H groups in total. The van der Waals surface area contributed by atoms with E-state index in [-0.39, 0.29) is 10.5 Å². The van der Waals surface area contributed by atoms with Gasteiger partial charge in [0, 0.05) is 12.0 Å². The van der Waals surface area contributed by atoms with Crippen molar-refractivity contribution < 1.29 is 13.2 Å². The zero-order valence-corrected chi connectivity index (χ0v) is 11.8. The van der Waals surface area contributed by atoms with Gasteiger partial charge in [-0.05, 0) is 5.56 Å². The molecule has 0 fully saturated rings. The maximum atomic E-state index is 12.4. The summed E-state index contributed by atoms with van der Waals surface area (Å²) in [5, 5.41) is 8.83. The van der Waals surface area contributed by atoms with E-state index in [1.54, 1.807) is 0 Å². The summed E-state index contributed by atoms with van der Waals surface area (Å²) >= 11 is 0.517. The topological polar surface area (TPSA) is 37.8 Å². The largest absolute Gasteiger partial charge is 0.445 e. The van der Waals surface area contributed by atoms with Gasteiger partial charge in [-0.3, -0.25) is 0 Å². The number of hydrogen-bond acceptors (Lipinski definition) is 4. The van der Waals surface area contributed by atoms with Crippen molar-refractivity contribution in [3.8, 4) is 0 Å². The van der Waals surface area contributed by atoms with Crippen molar-refractivity contribution >= 4 is 16.5 Å². The average molecular weight is 301 g/mol. The summed E-state index contributed by atoms with van der Waals surface area (Å²) in [6.45, 7) is 4.51. The highest BCUT2D eigenvalue weighted by Gasteiger charge is 2.35. The number of nitrogens with zero attached hydrogens (tertiary/aromatic N) is 2. The van der Waals surface area contributed by atoms with Crippen LogP contribution in [0.3, 0.4) is 0 Å². The SMILES string of the molecule is CC(C)(CNc1nnc(C(F)(F)F)s1)c1ccccc1. The number of anilines is 1. The van der Waals surface area contributed by atoms with Crippen molar-refractivity contribution in [2.24, 2.45) is 0 Å². The van der Waals surface area contributed by atoms with E-state index in [2.05, 4.69) is 15.5 Å². The molecule has 0 aliphatic carbocycles. The summed E-state index contributed by atoms with van der Waals surface area (Å²) in [4.78, 5) is 0. The van der Waals surface area contributed by atoms with Crippen LogP contribution in [0.15, 0.2) is 30.3 Å². The molecule has 2 aromatic rings. The molecule has 1 aromatic carbocycles. The number of nitrogens with one attached hydrogen (secondary N) is 1. The quantitative estimate of drug-likeness (QED) is 0.929. The van der Waals surface area contributed by atoms with Crippen LogP contribution in [0.2, 0.25) is 0 Å². The predicted octanol–water partition coefficient (Wildman–Crippen LogP) is 3.95. The first kappa shape index (κ1) is 14.8. The van der Waals surface area contributed by atoms with Crippen LogP contribution in [0.4, 0.5) is 18.3 Å². The summed E-state index contributed by atoms with van der Waals surface area (Å²) in [6, 6.07) is 9.77. The number of benzene rings is 1. The van der Waals surface area contributed by atoms with Gasteiger partial charge in [-0.15, -0.1) is 10.2 Å².